The molecule has 2 rings (SSSR count). The zero-order valence-corrected chi connectivity index (χ0v) is 7.54. The summed E-state index contributed by atoms with van der Waals surface area (Å²) in [7, 11) is 1.91. The van der Waals surface area contributed by atoms with Crippen molar-refractivity contribution in [1.29, 1.82) is 0 Å². The van der Waals surface area contributed by atoms with Gasteiger partial charge in [-0.15, -0.1) is 0 Å². The first-order valence-corrected chi connectivity index (χ1v) is 4.10. The van der Waals surface area contributed by atoms with Crippen molar-refractivity contribution in [1.82, 2.24) is 4.90 Å². The van der Waals surface area contributed by atoms with Crippen LogP contribution in [0.2, 0.25) is 0 Å². The van der Waals surface area contributed by atoms with Crippen LogP contribution in [0.25, 0.3) is 0 Å². The topological polar surface area (TPSA) is 67.6 Å². The zero-order chi connectivity index (χ0) is 9.59. The van der Waals surface area contributed by atoms with Crippen molar-refractivity contribution in [2.75, 3.05) is 0 Å². The molecule has 0 atom stereocenters. The Morgan fingerprint density at radius 2 is 2.23 bits per heavy atom. The highest BCUT2D eigenvalue weighted by Gasteiger charge is 2.27. The third-order valence-electron chi connectivity index (χ3n) is 2.25. The van der Waals surface area contributed by atoms with Gasteiger partial charge in [0.15, 0.2) is 19.5 Å². The average molecular weight is 174 g/mol. The van der Waals surface area contributed by atoms with Crippen LogP contribution in [0.15, 0.2) is 40.7 Å². The standard InChI is InChI=1S/C8H11BN4/c1-4-2-3-5-6(9)12-7(10)8(11)13(4)5/h3H,1-2,9-11H2. The van der Waals surface area contributed by atoms with E-state index in [4.69, 9.17) is 11.5 Å². The maximum Gasteiger partial charge on any atom is 0.166 e. The Hall–Kier alpha value is -1.65. The van der Waals surface area contributed by atoms with E-state index in [1.165, 1.54) is 0 Å². The fourth-order valence-corrected chi connectivity index (χ4v) is 1.59. The molecule has 5 heteroatoms. The van der Waals surface area contributed by atoms with Gasteiger partial charge in [0.2, 0.25) is 0 Å². The van der Waals surface area contributed by atoms with Gasteiger partial charge in [0.05, 0.1) is 5.70 Å². The van der Waals surface area contributed by atoms with Gasteiger partial charge in [0.1, 0.15) is 0 Å². The van der Waals surface area contributed by atoms with E-state index >= 15 is 0 Å². The summed E-state index contributed by atoms with van der Waals surface area (Å²) in [6, 6.07) is 0. The highest BCUT2D eigenvalue weighted by atomic mass is 15.3. The smallest absolute Gasteiger partial charge is 0.166 e. The average Bonchev–Trinajstić information content (AvgIpc) is 2.44. The number of aliphatic imine (C=N–C) groups is 1. The van der Waals surface area contributed by atoms with E-state index in [0.29, 0.717) is 11.6 Å². The molecule has 0 saturated heterocycles. The molecule has 0 unspecified atom stereocenters. The van der Waals surface area contributed by atoms with Crippen molar-refractivity contribution in [3.05, 3.63) is 35.7 Å². The predicted octanol–water partition coefficient (Wildman–Crippen LogP) is -0.821. The minimum atomic E-state index is 0.373. The van der Waals surface area contributed by atoms with E-state index < -0.39 is 0 Å². The van der Waals surface area contributed by atoms with E-state index in [2.05, 4.69) is 17.6 Å². The molecule has 2 aliphatic heterocycles. The SMILES string of the molecule is BC1=NC(N)=C(N)N2C(=C)CC=C12. The fraction of sp³-hybridized carbons (Fsp3) is 0.125. The summed E-state index contributed by atoms with van der Waals surface area (Å²) in [6.07, 6.45) is 2.87. The fourth-order valence-electron chi connectivity index (χ4n) is 1.59. The molecule has 0 aromatic rings. The summed E-state index contributed by atoms with van der Waals surface area (Å²) in [5.41, 5.74) is 14.3. The van der Waals surface area contributed by atoms with Crippen LogP contribution in [0.5, 0.6) is 0 Å². The van der Waals surface area contributed by atoms with Gasteiger partial charge in [-0.25, -0.2) is 4.99 Å². The number of nitrogens with two attached hydrogens (primary N) is 2. The maximum atomic E-state index is 5.79. The predicted molar refractivity (Wildman–Crippen MR) is 55.1 cm³/mol. The molecule has 0 radical (unpaired) electrons. The molecular formula is C8H11BN4. The minimum Gasteiger partial charge on any atom is -0.382 e. The Morgan fingerprint density at radius 1 is 1.54 bits per heavy atom. The summed E-state index contributed by atoms with van der Waals surface area (Å²) in [4.78, 5) is 6.00. The molecule has 0 aromatic heterocycles. The van der Waals surface area contributed by atoms with Crippen molar-refractivity contribution >= 4 is 13.5 Å². The lowest BCUT2D eigenvalue weighted by Crippen LogP contribution is -2.33. The van der Waals surface area contributed by atoms with Crippen LogP contribution in [0.3, 0.4) is 0 Å². The summed E-state index contributed by atoms with van der Waals surface area (Å²) in [6.45, 7) is 3.91. The Balaban J connectivity index is 2.54. The monoisotopic (exact) mass is 174 g/mol. The zero-order valence-electron chi connectivity index (χ0n) is 7.54. The van der Waals surface area contributed by atoms with Crippen molar-refractivity contribution in [3.8, 4) is 0 Å². The van der Waals surface area contributed by atoms with Gasteiger partial charge < -0.3 is 11.5 Å². The maximum absolute atomic E-state index is 5.79. The molecular weight excluding hydrogens is 163 g/mol. The van der Waals surface area contributed by atoms with Crippen molar-refractivity contribution in [2.45, 2.75) is 6.42 Å². The second-order valence-electron chi connectivity index (χ2n) is 3.16. The third-order valence-corrected chi connectivity index (χ3v) is 2.25. The molecule has 4 N–H and O–H groups in total. The first-order chi connectivity index (χ1) is 6.11. The Kier molecular flexibility index (Phi) is 1.48. The lowest BCUT2D eigenvalue weighted by Gasteiger charge is -2.27. The van der Waals surface area contributed by atoms with Gasteiger partial charge in [-0.3, -0.25) is 4.90 Å². The van der Waals surface area contributed by atoms with E-state index in [1.807, 2.05) is 12.7 Å². The Morgan fingerprint density at radius 3 is 2.92 bits per heavy atom. The van der Waals surface area contributed by atoms with E-state index in [9.17, 15) is 0 Å². The number of allylic oxidation sites excluding steroid dienone is 2. The Bertz CT molecular complexity index is 378. The van der Waals surface area contributed by atoms with Gasteiger partial charge in [-0.2, -0.15) is 0 Å². The molecule has 0 bridgehead atoms. The lowest BCUT2D eigenvalue weighted by atomic mass is 9.96. The van der Waals surface area contributed by atoms with Crippen molar-refractivity contribution in [3.63, 3.8) is 0 Å². The van der Waals surface area contributed by atoms with Gasteiger partial charge >= 0.3 is 0 Å². The largest absolute Gasteiger partial charge is 0.382 e. The van der Waals surface area contributed by atoms with Crippen molar-refractivity contribution < 1.29 is 0 Å². The highest BCUT2D eigenvalue weighted by molar-refractivity contribution is 6.64. The molecule has 13 heavy (non-hydrogen) atoms. The number of rotatable bonds is 0. The number of fused-ring (bicyclic) bond motifs is 1. The summed E-state index contributed by atoms with van der Waals surface area (Å²) in [5, 5.41) is 0. The first kappa shape index (κ1) is 7.98. The van der Waals surface area contributed by atoms with Crippen molar-refractivity contribution in [2.24, 2.45) is 16.5 Å². The molecule has 66 valence electrons. The van der Waals surface area contributed by atoms with E-state index in [0.717, 1.165) is 23.4 Å². The number of hydrogen-bond acceptors (Lipinski definition) is 4. The van der Waals surface area contributed by atoms with Gasteiger partial charge in [-0.05, 0) is 0 Å². The molecule has 0 aromatic carbocycles. The second-order valence-corrected chi connectivity index (χ2v) is 3.16. The van der Waals surface area contributed by atoms with Crippen LogP contribution in [-0.4, -0.2) is 18.4 Å². The van der Waals surface area contributed by atoms with E-state index in [-0.39, 0.29) is 0 Å². The minimum absolute atomic E-state index is 0.373. The summed E-state index contributed by atoms with van der Waals surface area (Å²) < 4.78 is 0. The first-order valence-electron chi connectivity index (χ1n) is 4.10. The second kappa shape index (κ2) is 2.42. The third kappa shape index (κ3) is 0.966. The molecule has 2 heterocycles. The van der Waals surface area contributed by atoms with Crippen LogP contribution in [0.1, 0.15) is 6.42 Å². The summed E-state index contributed by atoms with van der Waals surface area (Å²) in [5.74, 6) is 0.858. The van der Waals surface area contributed by atoms with Crippen LogP contribution in [0.4, 0.5) is 0 Å². The quantitative estimate of drug-likeness (QED) is 0.471. The van der Waals surface area contributed by atoms with Crippen LogP contribution in [-0.2, 0) is 0 Å². The lowest BCUT2D eigenvalue weighted by molar-refractivity contribution is 0.547. The number of hydrogen-bond donors (Lipinski definition) is 2. The molecule has 0 saturated carbocycles. The Labute approximate surface area is 77.7 Å². The van der Waals surface area contributed by atoms with Gasteiger partial charge in [0, 0.05) is 17.7 Å². The van der Waals surface area contributed by atoms with E-state index in [1.54, 1.807) is 0 Å². The molecule has 0 fully saturated rings. The number of nitrogens with zero attached hydrogens (tertiary/aromatic N) is 2. The molecule has 0 aliphatic carbocycles. The van der Waals surface area contributed by atoms with Crippen LogP contribution >= 0.6 is 0 Å². The van der Waals surface area contributed by atoms with Gasteiger partial charge in [-0.1, -0.05) is 12.7 Å². The molecule has 2 aliphatic rings. The molecule has 0 amide bonds. The normalized spacial score (nSPS) is 21.5. The van der Waals surface area contributed by atoms with Gasteiger partial charge in [0.25, 0.3) is 0 Å². The molecule has 0 spiro atoms. The summed E-state index contributed by atoms with van der Waals surface area (Å²) >= 11 is 0. The molecule has 4 nitrogen and oxygen atoms in total. The highest BCUT2D eigenvalue weighted by Crippen LogP contribution is 2.30. The van der Waals surface area contributed by atoms with Crippen LogP contribution in [0, 0.1) is 0 Å². The van der Waals surface area contributed by atoms with Crippen LogP contribution < -0.4 is 11.5 Å².